The molecule has 0 bridgehead atoms. The Kier molecular flexibility index (Phi) is 10.3. The van der Waals surface area contributed by atoms with E-state index in [1.165, 1.54) is 4.31 Å². The summed E-state index contributed by atoms with van der Waals surface area (Å²) in [5.41, 5.74) is 0.349. The Bertz CT molecular complexity index is 1110. The van der Waals surface area contributed by atoms with Crippen molar-refractivity contribution >= 4 is 30.2 Å². The van der Waals surface area contributed by atoms with Gasteiger partial charge in [-0.05, 0) is 55.2 Å². The van der Waals surface area contributed by atoms with E-state index in [9.17, 15) is 23.1 Å². The van der Waals surface area contributed by atoms with Crippen molar-refractivity contribution in [3.05, 3.63) is 29.8 Å². The molecule has 0 spiro atoms. The number of nitrogens with one attached hydrogen (secondary N) is 1. The maximum absolute atomic E-state index is 12.7. The van der Waals surface area contributed by atoms with Crippen molar-refractivity contribution < 1.29 is 32.3 Å². The lowest BCUT2D eigenvalue weighted by molar-refractivity contribution is -0.143. The number of piperazine rings is 1. The topological polar surface area (TPSA) is 125 Å². The van der Waals surface area contributed by atoms with E-state index in [1.807, 2.05) is 0 Å². The number of carboxylic acids is 1. The molecule has 2 atom stereocenters. The van der Waals surface area contributed by atoms with Gasteiger partial charge in [0.1, 0.15) is 11.8 Å². The minimum atomic E-state index is -3.32. The third-order valence-corrected chi connectivity index (χ3v) is 12.5. The highest BCUT2D eigenvalue weighted by molar-refractivity contribution is 7.88. The summed E-state index contributed by atoms with van der Waals surface area (Å²) in [6.45, 7) is 13.2. The van der Waals surface area contributed by atoms with Gasteiger partial charge in [-0.15, -0.1) is 5.92 Å². The van der Waals surface area contributed by atoms with Gasteiger partial charge in [0, 0.05) is 38.3 Å². The molecule has 12 heteroatoms. The van der Waals surface area contributed by atoms with Crippen LogP contribution in [0.25, 0.3) is 0 Å². The first-order valence-electron chi connectivity index (χ1n) is 12.1. The second-order valence-electron chi connectivity index (χ2n) is 10.5. The maximum Gasteiger partial charge on any atom is 0.322 e. The van der Waals surface area contributed by atoms with Crippen LogP contribution in [0.4, 0.5) is 0 Å². The minimum Gasteiger partial charge on any atom is -0.480 e. The van der Waals surface area contributed by atoms with Crippen LogP contribution in [0.5, 0.6) is 5.75 Å². The van der Waals surface area contributed by atoms with Crippen molar-refractivity contribution in [1.29, 1.82) is 0 Å². The summed E-state index contributed by atoms with van der Waals surface area (Å²) in [6, 6.07) is 5.51. The molecule has 1 aliphatic heterocycles. The molecule has 1 fully saturated rings. The molecule has 0 aromatic heterocycles. The van der Waals surface area contributed by atoms with Crippen molar-refractivity contribution in [2.45, 2.75) is 58.2 Å². The van der Waals surface area contributed by atoms with Crippen molar-refractivity contribution in [2.75, 3.05) is 39.0 Å². The third-order valence-electron chi connectivity index (χ3n) is 6.75. The fraction of sp³-hybridized carbons (Fsp3) is 0.600. The van der Waals surface area contributed by atoms with E-state index in [0.29, 0.717) is 11.3 Å². The van der Waals surface area contributed by atoms with Gasteiger partial charge in [0.25, 0.3) is 12.2 Å². The highest BCUT2D eigenvalue weighted by atomic mass is 32.2. The van der Waals surface area contributed by atoms with Crippen molar-refractivity contribution in [3.63, 3.8) is 0 Å². The molecule has 0 aliphatic carbocycles. The molecular formula is C25H39N3O7SSi. The van der Waals surface area contributed by atoms with Crippen LogP contribution in [0, 0.1) is 11.8 Å². The second kappa shape index (κ2) is 12.4. The summed E-state index contributed by atoms with van der Waals surface area (Å²) < 4.78 is 36.9. The van der Waals surface area contributed by atoms with E-state index in [2.05, 4.69) is 51.0 Å². The van der Waals surface area contributed by atoms with E-state index in [4.69, 9.17) is 9.16 Å². The molecule has 1 aliphatic rings. The van der Waals surface area contributed by atoms with Gasteiger partial charge in [0.15, 0.2) is 8.32 Å². The third kappa shape index (κ3) is 8.82. The minimum absolute atomic E-state index is 0.0128. The number of benzene rings is 1. The first kappa shape index (κ1) is 30.8. The number of carbonyl (C=O) groups excluding carboxylic acids is 1. The van der Waals surface area contributed by atoms with Gasteiger partial charge in [0.05, 0.1) is 6.26 Å². The molecular weight excluding hydrogens is 514 g/mol. The Morgan fingerprint density at radius 2 is 1.70 bits per heavy atom. The normalized spacial score (nSPS) is 17.3. The fourth-order valence-electron chi connectivity index (χ4n) is 3.46. The Balaban J connectivity index is 1.98. The van der Waals surface area contributed by atoms with Crippen LogP contribution in [0.2, 0.25) is 18.1 Å². The van der Waals surface area contributed by atoms with Crippen molar-refractivity contribution in [1.82, 2.24) is 14.5 Å². The molecule has 2 N–H and O–H groups in total. The smallest absolute Gasteiger partial charge is 0.322 e. The maximum atomic E-state index is 12.7. The number of hydrogen-bond acceptors (Lipinski definition) is 7. The summed E-state index contributed by atoms with van der Waals surface area (Å²) >= 11 is 0. The van der Waals surface area contributed by atoms with E-state index in [1.54, 1.807) is 36.1 Å². The summed E-state index contributed by atoms with van der Waals surface area (Å²) in [6.07, 6.45) is 0.400. The van der Waals surface area contributed by atoms with Gasteiger partial charge in [-0.25, -0.2) is 8.42 Å². The molecule has 1 saturated heterocycles. The van der Waals surface area contributed by atoms with Crippen LogP contribution in [-0.4, -0.2) is 94.2 Å². The second-order valence-corrected chi connectivity index (χ2v) is 17.2. The van der Waals surface area contributed by atoms with Gasteiger partial charge >= 0.3 is 5.97 Å². The number of hydrogen-bond donors (Lipinski definition) is 2. The molecule has 10 nitrogen and oxygen atoms in total. The van der Waals surface area contributed by atoms with Gasteiger partial charge in [0.2, 0.25) is 10.0 Å². The van der Waals surface area contributed by atoms with Crippen LogP contribution in [0.1, 0.15) is 38.1 Å². The molecule has 1 unspecified atom stereocenters. The monoisotopic (exact) mass is 553 g/mol. The van der Waals surface area contributed by atoms with Crippen molar-refractivity contribution in [3.8, 4) is 17.6 Å². The Labute approximate surface area is 221 Å². The molecule has 1 heterocycles. The number of carboxylic acid groups (broad SMARTS) is 1. The summed E-state index contributed by atoms with van der Waals surface area (Å²) in [5.74, 6) is 4.78. The number of aliphatic carboxylic acids is 1. The molecule has 1 aromatic rings. The summed E-state index contributed by atoms with van der Waals surface area (Å²) in [5, 5.41) is 12.3. The van der Waals surface area contributed by atoms with Crippen LogP contribution in [-0.2, 0) is 19.2 Å². The van der Waals surface area contributed by atoms with Crippen LogP contribution in [0.3, 0.4) is 0 Å². The number of nitrogens with zero attached hydrogens (tertiary/aromatic N) is 2. The molecule has 206 valence electrons. The number of rotatable bonds is 10. The lowest BCUT2D eigenvalue weighted by Crippen LogP contribution is -2.56. The summed E-state index contributed by atoms with van der Waals surface area (Å²) in [7, 11) is -5.44. The molecule has 1 aromatic carbocycles. The zero-order chi connectivity index (χ0) is 28.0. The van der Waals surface area contributed by atoms with E-state index in [0.717, 1.165) is 6.26 Å². The zero-order valence-electron chi connectivity index (χ0n) is 22.7. The highest BCUT2D eigenvalue weighted by Crippen LogP contribution is 2.37. The van der Waals surface area contributed by atoms with Crippen molar-refractivity contribution in [2.24, 2.45) is 0 Å². The van der Waals surface area contributed by atoms with Gasteiger partial charge < -0.3 is 19.6 Å². The molecule has 37 heavy (non-hydrogen) atoms. The SMILES string of the molecule is CC#CC(Oc1ccc(C(=O)NC[C@@H](C(=O)O)N2CCN(S(C)(=O)=O)CC2)cc1)O[Si](C)(C)C(C)(C)C. The molecule has 2 rings (SSSR count). The largest absolute Gasteiger partial charge is 0.480 e. The number of ether oxygens (including phenoxy) is 1. The predicted molar refractivity (Wildman–Crippen MR) is 144 cm³/mol. The summed E-state index contributed by atoms with van der Waals surface area (Å²) in [4.78, 5) is 26.2. The number of carbonyl (C=O) groups is 2. The van der Waals surface area contributed by atoms with E-state index >= 15 is 0 Å². The Morgan fingerprint density at radius 3 is 2.16 bits per heavy atom. The lowest BCUT2D eigenvalue weighted by Gasteiger charge is -2.37. The standard InChI is InChI=1S/C25H39N3O7SSi/c1-8-9-22(35-37(6,7)25(2,3)4)34-20-12-10-19(11-13-20)23(29)26-18-21(24(30)31)27-14-16-28(17-15-27)36(5,32)33/h10-13,21-22H,14-18H2,1-7H3,(H,26,29)(H,30,31)/t21-,22?/m0/s1. The zero-order valence-corrected chi connectivity index (χ0v) is 24.5. The van der Waals surface area contributed by atoms with Gasteiger partial charge in [-0.2, -0.15) is 4.31 Å². The molecule has 1 amide bonds. The lowest BCUT2D eigenvalue weighted by atomic mass is 10.1. The van der Waals surface area contributed by atoms with Crippen LogP contribution >= 0.6 is 0 Å². The van der Waals surface area contributed by atoms with Gasteiger partial charge in [-0.1, -0.05) is 20.8 Å². The first-order chi connectivity index (χ1) is 17.0. The average Bonchev–Trinajstić information content (AvgIpc) is 2.78. The Hall–Kier alpha value is -2.43. The molecule has 0 radical (unpaired) electrons. The first-order valence-corrected chi connectivity index (χ1v) is 16.9. The Morgan fingerprint density at radius 1 is 1.14 bits per heavy atom. The molecule has 0 saturated carbocycles. The number of sulfonamides is 1. The van der Waals surface area contributed by atoms with Crippen LogP contribution in [0.15, 0.2) is 24.3 Å². The predicted octanol–water partition coefficient (Wildman–Crippen LogP) is 2.20. The highest BCUT2D eigenvalue weighted by Gasteiger charge is 2.39. The number of amides is 1. The quantitative estimate of drug-likeness (QED) is 0.257. The van der Waals surface area contributed by atoms with Crippen LogP contribution < -0.4 is 10.1 Å². The fourth-order valence-corrected chi connectivity index (χ4v) is 5.29. The van der Waals surface area contributed by atoms with E-state index < -0.39 is 42.5 Å². The van der Waals surface area contributed by atoms with Gasteiger partial charge in [-0.3, -0.25) is 14.5 Å². The van der Waals surface area contributed by atoms with E-state index in [-0.39, 0.29) is 37.8 Å². The average molecular weight is 554 g/mol.